The summed E-state index contributed by atoms with van der Waals surface area (Å²) >= 11 is 0. The topological polar surface area (TPSA) is 52.8 Å². The van der Waals surface area contributed by atoms with Crippen molar-refractivity contribution in [1.29, 1.82) is 5.26 Å². The van der Waals surface area contributed by atoms with Gasteiger partial charge in [0.2, 0.25) is 0 Å². The molecule has 4 atom stereocenters. The normalized spacial score (nSPS) is 31.7. The molecule has 108 valence electrons. The van der Waals surface area contributed by atoms with Crippen molar-refractivity contribution < 1.29 is 0 Å². The molecule has 5 rings (SSSR count). The highest BCUT2D eigenvalue weighted by Crippen LogP contribution is 2.52. The Kier molecular flexibility index (Phi) is 2.38. The van der Waals surface area contributed by atoms with E-state index in [2.05, 4.69) is 39.4 Å². The quantitative estimate of drug-likeness (QED) is 0.757. The number of nitrogens with zero attached hydrogens (tertiary/aromatic N) is 4. The standard InChI is InChI=1S/C18H16N4/c19-8-17-18(13-3-1-2-4-16(13)20-21-17)22-9-14-11-5-6-12(7-11)15(14)10-22/h1-6,11-12,14-15H,7,9-10H2/t11?,12?,14-,15+. The van der Waals surface area contributed by atoms with E-state index in [-0.39, 0.29) is 0 Å². The third-order valence-corrected chi connectivity index (χ3v) is 5.73. The number of aromatic nitrogens is 2. The molecule has 0 amide bonds. The maximum atomic E-state index is 9.47. The van der Waals surface area contributed by atoms with E-state index in [9.17, 15) is 5.26 Å². The molecule has 4 heteroatoms. The number of hydrogen-bond acceptors (Lipinski definition) is 4. The molecule has 22 heavy (non-hydrogen) atoms. The zero-order valence-corrected chi connectivity index (χ0v) is 12.2. The van der Waals surface area contributed by atoms with Gasteiger partial charge in [-0.25, -0.2) is 0 Å². The van der Waals surface area contributed by atoms with Gasteiger partial charge in [0.15, 0.2) is 5.69 Å². The lowest BCUT2D eigenvalue weighted by Gasteiger charge is -2.22. The van der Waals surface area contributed by atoms with Gasteiger partial charge in [-0.15, -0.1) is 10.2 Å². The zero-order valence-electron chi connectivity index (χ0n) is 12.2. The van der Waals surface area contributed by atoms with Crippen LogP contribution in [0, 0.1) is 35.0 Å². The van der Waals surface area contributed by atoms with E-state index in [4.69, 9.17) is 0 Å². The van der Waals surface area contributed by atoms with Gasteiger partial charge in [-0.3, -0.25) is 0 Å². The fourth-order valence-corrected chi connectivity index (χ4v) is 4.77. The van der Waals surface area contributed by atoms with Gasteiger partial charge in [0.25, 0.3) is 0 Å². The fourth-order valence-electron chi connectivity index (χ4n) is 4.77. The van der Waals surface area contributed by atoms with Crippen molar-refractivity contribution in [2.45, 2.75) is 6.42 Å². The minimum atomic E-state index is 0.457. The Morgan fingerprint density at radius 2 is 1.77 bits per heavy atom. The van der Waals surface area contributed by atoms with E-state index >= 15 is 0 Å². The van der Waals surface area contributed by atoms with Crippen molar-refractivity contribution in [2.75, 3.05) is 18.0 Å². The fraction of sp³-hybridized carbons (Fsp3) is 0.389. The molecule has 1 saturated carbocycles. The zero-order chi connectivity index (χ0) is 14.7. The highest BCUT2D eigenvalue weighted by atomic mass is 15.2. The summed E-state index contributed by atoms with van der Waals surface area (Å²) in [4.78, 5) is 2.39. The summed E-state index contributed by atoms with van der Waals surface area (Å²) in [6, 6.07) is 10.2. The molecule has 0 N–H and O–H groups in total. The molecular formula is C18H16N4. The van der Waals surface area contributed by atoms with Gasteiger partial charge in [0.1, 0.15) is 6.07 Å². The van der Waals surface area contributed by atoms with Crippen LogP contribution in [-0.4, -0.2) is 23.3 Å². The SMILES string of the molecule is N#Cc1nnc2ccccc2c1N1C[C@@H]2C3C=CC(C3)[C@@H]2C1. The van der Waals surface area contributed by atoms with Crippen LogP contribution in [-0.2, 0) is 0 Å². The highest BCUT2D eigenvalue weighted by molar-refractivity contribution is 5.93. The first kappa shape index (κ1) is 12.2. The van der Waals surface area contributed by atoms with Gasteiger partial charge in [-0.05, 0) is 36.2 Å². The van der Waals surface area contributed by atoms with Gasteiger partial charge in [-0.2, -0.15) is 5.26 Å². The third kappa shape index (κ3) is 1.51. The molecule has 2 heterocycles. The molecule has 2 aromatic rings. The smallest absolute Gasteiger partial charge is 0.187 e. The van der Waals surface area contributed by atoms with Crippen molar-refractivity contribution in [2.24, 2.45) is 23.7 Å². The molecule has 2 unspecified atom stereocenters. The van der Waals surface area contributed by atoms with E-state index in [1.54, 1.807) is 0 Å². The summed E-state index contributed by atoms with van der Waals surface area (Å²) in [6.07, 6.45) is 6.15. The molecule has 2 fully saturated rings. The summed E-state index contributed by atoms with van der Waals surface area (Å²) < 4.78 is 0. The Bertz CT molecular complexity index is 815. The number of rotatable bonds is 1. The largest absolute Gasteiger partial charge is 0.368 e. The lowest BCUT2D eigenvalue weighted by Crippen LogP contribution is -2.24. The van der Waals surface area contributed by atoms with Crippen molar-refractivity contribution in [1.82, 2.24) is 10.2 Å². The third-order valence-electron chi connectivity index (χ3n) is 5.73. The van der Waals surface area contributed by atoms with Crippen molar-refractivity contribution in [3.63, 3.8) is 0 Å². The van der Waals surface area contributed by atoms with Crippen LogP contribution in [0.2, 0.25) is 0 Å². The minimum absolute atomic E-state index is 0.457. The molecule has 2 bridgehead atoms. The highest BCUT2D eigenvalue weighted by Gasteiger charge is 2.49. The lowest BCUT2D eigenvalue weighted by molar-refractivity contribution is 0.395. The predicted octanol–water partition coefficient (Wildman–Crippen LogP) is 2.76. The van der Waals surface area contributed by atoms with Crippen LogP contribution in [0.25, 0.3) is 10.9 Å². The van der Waals surface area contributed by atoms with E-state index in [0.29, 0.717) is 5.69 Å². The van der Waals surface area contributed by atoms with E-state index in [1.165, 1.54) is 6.42 Å². The first-order chi connectivity index (χ1) is 10.8. The summed E-state index contributed by atoms with van der Waals surface area (Å²) in [5, 5.41) is 18.9. The second-order valence-corrected chi connectivity index (χ2v) is 6.71. The molecule has 0 radical (unpaired) electrons. The second kappa shape index (κ2) is 4.30. The molecule has 3 aliphatic rings. The van der Waals surface area contributed by atoms with Crippen molar-refractivity contribution in [3.05, 3.63) is 42.1 Å². The summed E-state index contributed by atoms with van der Waals surface area (Å²) in [5.41, 5.74) is 2.32. The summed E-state index contributed by atoms with van der Waals surface area (Å²) in [6.45, 7) is 2.08. The Balaban J connectivity index is 1.62. The van der Waals surface area contributed by atoms with Gasteiger partial charge in [-0.1, -0.05) is 30.4 Å². The number of fused-ring (bicyclic) bond motifs is 6. The minimum Gasteiger partial charge on any atom is -0.368 e. The Hall–Kier alpha value is -2.41. The Morgan fingerprint density at radius 3 is 2.50 bits per heavy atom. The first-order valence-electron chi connectivity index (χ1n) is 7.94. The van der Waals surface area contributed by atoms with E-state index < -0.39 is 0 Å². The van der Waals surface area contributed by atoms with Crippen LogP contribution in [0.5, 0.6) is 0 Å². The predicted molar refractivity (Wildman–Crippen MR) is 84.2 cm³/mol. The molecule has 1 aromatic carbocycles. The molecule has 2 aliphatic carbocycles. The summed E-state index contributed by atoms with van der Waals surface area (Å²) in [7, 11) is 0. The van der Waals surface area contributed by atoms with Crippen LogP contribution in [0.4, 0.5) is 5.69 Å². The number of hydrogen-bond donors (Lipinski definition) is 0. The maximum Gasteiger partial charge on any atom is 0.187 e. The molecule has 0 spiro atoms. The molecule has 1 aliphatic heterocycles. The number of benzene rings is 1. The Morgan fingerprint density at radius 1 is 1.05 bits per heavy atom. The lowest BCUT2D eigenvalue weighted by atomic mass is 9.86. The van der Waals surface area contributed by atoms with Crippen molar-refractivity contribution in [3.8, 4) is 6.07 Å². The number of anilines is 1. The second-order valence-electron chi connectivity index (χ2n) is 6.71. The van der Waals surface area contributed by atoms with Crippen LogP contribution >= 0.6 is 0 Å². The van der Waals surface area contributed by atoms with Gasteiger partial charge >= 0.3 is 0 Å². The van der Waals surface area contributed by atoms with Crippen molar-refractivity contribution >= 4 is 16.6 Å². The van der Waals surface area contributed by atoms with Crippen LogP contribution < -0.4 is 4.90 Å². The maximum absolute atomic E-state index is 9.47. The monoisotopic (exact) mass is 288 g/mol. The number of allylic oxidation sites excluding steroid dienone is 2. The van der Waals surface area contributed by atoms with E-state index in [1.807, 2.05) is 18.2 Å². The molecule has 4 nitrogen and oxygen atoms in total. The van der Waals surface area contributed by atoms with E-state index in [0.717, 1.165) is 53.4 Å². The molecule has 1 saturated heterocycles. The van der Waals surface area contributed by atoms with Crippen LogP contribution in [0.1, 0.15) is 12.1 Å². The van der Waals surface area contributed by atoms with Crippen LogP contribution in [0.3, 0.4) is 0 Å². The Labute approximate surface area is 129 Å². The first-order valence-corrected chi connectivity index (χ1v) is 7.94. The number of nitriles is 1. The van der Waals surface area contributed by atoms with Gasteiger partial charge < -0.3 is 4.90 Å². The molecular weight excluding hydrogens is 272 g/mol. The average Bonchev–Trinajstić information content (AvgIpc) is 3.26. The van der Waals surface area contributed by atoms with Gasteiger partial charge in [0, 0.05) is 18.5 Å². The molecule has 1 aromatic heterocycles. The van der Waals surface area contributed by atoms with Crippen LogP contribution in [0.15, 0.2) is 36.4 Å². The summed E-state index contributed by atoms with van der Waals surface area (Å²) in [5.74, 6) is 2.97. The van der Waals surface area contributed by atoms with Gasteiger partial charge in [0.05, 0.1) is 11.2 Å². The average molecular weight is 288 g/mol.